The minimum atomic E-state index is -2.94. The molecule has 0 unspecified atom stereocenters. The van der Waals surface area contributed by atoms with Crippen LogP contribution in [0.1, 0.15) is 25.8 Å². The first kappa shape index (κ1) is 21.4. The molecule has 0 saturated carbocycles. The summed E-state index contributed by atoms with van der Waals surface area (Å²) in [5.41, 5.74) is 6.16. The molecule has 0 fully saturated rings. The molecule has 0 aliphatic heterocycles. The summed E-state index contributed by atoms with van der Waals surface area (Å²) in [6.45, 7) is 1.02. The van der Waals surface area contributed by atoms with Gasteiger partial charge in [0.25, 0.3) is 0 Å². The molecule has 0 radical (unpaired) electrons. The van der Waals surface area contributed by atoms with Crippen molar-refractivity contribution in [2.45, 2.75) is 39.5 Å². The second-order valence-corrected chi connectivity index (χ2v) is 5.31. The summed E-state index contributed by atoms with van der Waals surface area (Å²) in [6.07, 6.45) is 0.546. The van der Waals surface area contributed by atoms with Gasteiger partial charge in [-0.1, -0.05) is 13.8 Å². The molecular weight excluding hydrogens is 330 g/mol. The van der Waals surface area contributed by atoms with Crippen LogP contribution in [0.2, 0.25) is 0 Å². The van der Waals surface area contributed by atoms with Crippen LogP contribution >= 0.6 is 12.4 Å². The summed E-state index contributed by atoms with van der Waals surface area (Å²) in [4.78, 5) is 11.9. The highest BCUT2D eigenvalue weighted by Crippen LogP contribution is 2.25. The van der Waals surface area contributed by atoms with E-state index in [1.54, 1.807) is 0 Å². The second-order valence-electron chi connectivity index (χ2n) is 5.31. The van der Waals surface area contributed by atoms with Gasteiger partial charge >= 0.3 is 6.61 Å². The molecule has 0 aliphatic rings. The van der Waals surface area contributed by atoms with Crippen LogP contribution in [0.5, 0.6) is 11.5 Å². The SMILES string of the molecule is COc1ccc(OC(F)F)c(CNC(=O)[C@@H](N)CC(C)C)c1.Cl. The molecule has 0 spiro atoms. The number of benzene rings is 1. The lowest BCUT2D eigenvalue weighted by Gasteiger charge is -2.16. The Labute approximate surface area is 140 Å². The molecule has 0 aliphatic carbocycles. The van der Waals surface area contributed by atoms with E-state index in [-0.39, 0.29) is 36.5 Å². The molecule has 0 saturated heterocycles. The van der Waals surface area contributed by atoms with Crippen LogP contribution in [0.3, 0.4) is 0 Å². The van der Waals surface area contributed by atoms with Crippen molar-refractivity contribution < 1.29 is 23.0 Å². The fraction of sp³-hybridized carbons (Fsp3) is 0.533. The number of nitrogens with one attached hydrogen (secondary N) is 1. The smallest absolute Gasteiger partial charge is 0.387 e. The molecule has 0 aromatic heterocycles. The molecule has 1 rings (SSSR count). The lowest BCUT2D eigenvalue weighted by molar-refractivity contribution is -0.122. The van der Waals surface area contributed by atoms with Crippen molar-refractivity contribution in [2.75, 3.05) is 7.11 Å². The zero-order valence-corrected chi connectivity index (χ0v) is 14.2. The number of hydrogen-bond acceptors (Lipinski definition) is 4. The van der Waals surface area contributed by atoms with Crippen molar-refractivity contribution in [1.29, 1.82) is 0 Å². The van der Waals surface area contributed by atoms with Gasteiger partial charge in [-0.05, 0) is 30.5 Å². The Kier molecular flexibility index (Phi) is 9.52. The first-order valence-electron chi connectivity index (χ1n) is 6.98. The number of alkyl halides is 2. The highest BCUT2D eigenvalue weighted by atomic mass is 35.5. The minimum absolute atomic E-state index is 0. The van der Waals surface area contributed by atoms with Crippen LogP contribution in [0.4, 0.5) is 8.78 Å². The molecule has 1 aromatic carbocycles. The minimum Gasteiger partial charge on any atom is -0.497 e. The molecule has 132 valence electrons. The van der Waals surface area contributed by atoms with Crippen LogP contribution in [-0.2, 0) is 11.3 Å². The van der Waals surface area contributed by atoms with E-state index in [2.05, 4.69) is 10.1 Å². The van der Waals surface area contributed by atoms with Crippen molar-refractivity contribution in [2.24, 2.45) is 11.7 Å². The van der Waals surface area contributed by atoms with Crippen molar-refractivity contribution in [1.82, 2.24) is 5.32 Å². The van der Waals surface area contributed by atoms with Gasteiger partial charge in [0.1, 0.15) is 11.5 Å². The van der Waals surface area contributed by atoms with Crippen LogP contribution in [0.15, 0.2) is 18.2 Å². The largest absolute Gasteiger partial charge is 0.497 e. The predicted molar refractivity (Wildman–Crippen MR) is 86.2 cm³/mol. The average molecular weight is 353 g/mol. The summed E-state index contributed by atoms with van der Waals surface area (Å²) in [6, 6.07) is 3.78. The zero-order chi connectivity index (χ0) is 16.7. The fourth-order valence-electron chi connectivity index (χ4n) is 1.96. The third-order valence-electron chi connectivity index (χ3n) is 3.00. The number of carbonyl (C=O) groups is 1. The van der Waals surface area contributed by atoms with Crippen molar-refractivity contribution in [3.05, 3.63) is 23.8 Å². The molecule has 1 atom stereocenters. The van der Waals surface area contributed by atoms with Gasteiger partial charge in [-0.2, -0.15) is 8.78 Å². The van der Waals surface area contributed by atoms with Gasteiger partial charge in [-0.3, -0.25) is 4.79 Å². The van der Waals surface area contributed by atoms with Crippen LogP contribution in [0.25, 0.3) is 0 Å². The molecule has 1 aromatic rings. The lowest BCUT2D eigenvalue weighted by Crippen LogP contribution is -2.41. The number of hydrogen-bond donors (Lipinski definition) is 2. The summed E-state index contributed by atoms with van der Waals surface area (Å²) >= 11 is 0. The summed E-state index contributed by atoms with van der Waals surface area (Å²) in [5, 5.41) is 2.62. The summed E-state index contributed by atoms with van der Waals surface area (Å²) < 4.78 is 34.3. The van der Waals surface area contributed by atoms with Crippen molar-refractivity contribution in [3.63, 3.8) is 0 Å². The van der Waals surface area contributed by atoms with E-state index in [0.29, 0.717) is 17.7 Å². The standard InChI is InChI=1S/C15H22F2N2O3.ClH/c1-9(2)6-12(18)14(20)19-8-10-7-11(21-3)4-5-13(10)22-15(16)17;/h4-5,7,9,12,15H,6,8,18H2,1-3H3,(H,19,20);1H/t12-;/m0./s1. The van der Waals surface area contributed by atoms with Crippen LogP contribution in [-0.4, -0.2) is 25.7 Å². The van der Waals surface area contributed by atoms with Gasteiger partial charge in [0.05, 0.1) is 13.2 Å². The van der Waals surface area contributed by atoms with Gasteiger partial charge in [-0.15, -0.1) is 12.4 Å². The van der Waals surface area contributed by atoms with E-state index in [9.17, 15) is 13.6 Å². The number of amides is 1. The Morgan fingerprint density at radius 2 is 2.00 bits per heavy atom. The third kappa shape index (κ3) is 7.47. The van der Waals surface area contributed by atoms with Crippen molar-refractivity contribution in [3.8, 4) is 11.5 Å². The average Bonchev–Trinajstić information content (AvgIpc) is 2.44. The van der Waals surface area contributed by atoms with Gasteiger partial charge in [0.15, 0.2) is 0 Å². The molecule has 1 amide bonds. The molecule has 8 heteroatoms. The van der Waals surface area contributed by atoms with Gasteiger partial charge in [0.2, 0.25) is 5.91 Å². The lowest BCUT2D eigenvalue weighted by atomic mass is 10.0. The van der Waals surface area contributed by atoms with E-state index >= 15 is 0 Å². The van der Waals surface area contributed by atoms with E-state index in [1.165, 1.54) is 25.3 Å². The molecule has 3 N–H and O–H groups in total. The fourth-order valence-corrected chi connectivity index (χ4v) is 1.96. The topological polar surface area (TPSA) is 73.6 Å². The molecule has 0 heterocycles. The van der Waals surface area contributed by atoms with Gasteiger partial charge < -0.3 is 20.5 Å². The Morgan fingerprint density at radius 1 is 1.35 bits per heavy atom. The number of carbonyl (C=O) groups excluding carboxylic acids is 1. The summed E-state index contributed by atoms with van der Waals surface area (Å²) in [7, 11) is 1.46. The Morgan fingerprint density at radius 3 is 2.52 bits per heavy atom. The maximum atomic E-state index is 12.4. The predicted octanol–water partition coefficient (Wildman–Crippen LogP) is 2.71. The number of ether oxygens (including phenoxy) is 2. The van der Waals surface area contributed by atoms with Gasteiger partial charge in [-0.25, -0.2) is 0 Å². The highest BCUT2D eigenvalue weighted by molar-refractivity contribution is 5.85. The van der Waals surface area contributed by atoms with E-state index < -0.39 is 12.7 Å². The maximum Gasteiger partial charge on any atom is 0.387 e. The monoisotopic (exact) mass is 352 g/mol. The number of halogens is 3. The van der Waals surface area contributed by atoms with Crippen LogP contribution < -0.4 is 20.5 Å². The van der Waals surface area contributed by atoms with Crippen molar-refractivity contribution >= 4 is 18.3 Å². The second kappa shape index (κ2) is 10.2. The quantitative estimate of drug-likeness (QED) is 0.754. The number of nitrogens with two attached hydrogens (primary N) is 1. The van der Waals surface area contributed by atoms with E-state index in [4.69, 9.17) is 10.5 Å². The van der Waals surface area contributed by atoms with Crippen LogP contribution in [0, 0.1) is 5.92 Å². The summed E-state index contributed by atoms with van der Waals surface area (Å²) in [5.74, 6) is 0.431. The van der Waals surface area contributed by atoms with E-state index in [0.717, 1.165) is 0 Å². The third-order valence-corrected chi connectivity index (χ3v) is 3.00. The molecule has 0 bridgehead atoms. The number of methoxy groups -OCH3 is 1. The molecule has 5 nitrogen and oxygen atoms in total. The Balaban J connectivity index is 0.00000484. The Hall–Kier alpha value is -1.60. The van der Waals surface area contributed by atoms with E-state index in [1.807, 2.05) is 13.8 Å². The highest BCUT2D eigenvalue weighted by Gasteiger charge is 2.16. The zero-order valence-electron chi connectivity index (χ0n) is 13.3. The Bertz CT molecular complexity index is 502. The normalized spacial score (nSPS) is 11.8. The first-order chi connectivity index (χ1) is 10.3. The van der Waals surface area contributed by atoms with Gasteiger partial charge in [0, 0.05) is 12.1 Å². The first-order valence-corrected chi connectivity index (χ1v) is 6.98. The number of rotatable bonds is 8. The maximum absolute atomic E-state index is 12.4. The molecule has 23 heavy (non-hydrogen) atoms. The molecular formula is C15H23ClF2N2O3.